The van der Waals surface area contributed by atoms with E-state index < -0.39 is 0 Å². The van der Waals surface area contributed by atoms with Gasteiger partial charge in [-0.05, 0) is 42.8 Å². The van der Waals surface area contributed by atoms with Crippen molar-refractivity contribution in [3.63, 3.8) is 0 Å². The lowest BCUT2D eigenvalue weighted by Gasteiger charge is -2.31. The lowest BCUT2D eigenvalue weighted by molar-refractivity contribution is 0.0548. The van der Waals surface area contributed by atoms with Crippen LogP contribution < -0.4 is 10.1 Å². The van der Waals surface area contributed by atoms with Crippen molar-refractivity contribution in [2.75, 3.05) is 27.4 Å². The summed E-state index contributed by atoms with van der Waals surface area (Å²) < 4.78 is 11.0. The van der Waals surface area contributed by atoms with Gasteiger partial charge in [0.15, 0.2) is 0 Å². The molecule has 1 aliphatic heterocycles. The predicted molar refractivity (Wildman–Crippen MR) is 85.8 cm³/mol. The molecule has 1 aliphatic rings. The highest BCUT2D eigenvalue weighted by atomic mass is 16.5. The first kappa shape index (κ1) is 14.4. The summed E-state index contributed by atoms with van der Waals surface area (Å²) in [5.41, 5.74) is 1.36. The molecule has 0 radical (unpaired) electrons. The Bertz CT molecular complexity index is 605. The Hall–Kier alpha value is -1.58. The summed E-state index contributed by atoms with van der Waals surface area (Å²) in [6.07, 6.45) is 2.23. The summed E-state index contributed by atoms with van der Waals surface area (Å²) in [6, 6.07) is 13.1. The van der Waals surface area contributed by atoms with Gasteiger partial charge in [0.2, 0.25) is 0 Å². The van der Waals surface area contributed by atoms with Gasteiger partial charge in [-0.3, -0.25) is 0 Å². The van der Waals surface area contributed by atoms with E-state index >= 15 is 0 Å². The molecule has 0 spiro atoms. The Morgan fingerprint density at radius 3 is 2.48 bits per heavy atom. The quantitative estimate of drug-likeness (QED) is 0.932. The summed E-state index contributed by atoms with van der Waals surface area (Å²) in [7, 11) is 3.79. The molecule has 0 bridgehead atoms. The zero-order valence-electron chi connectivity index (χ0n) is 12.8. The van der Waals surface area contributed by atoms with Crippen molar-refractivity contribution in [3.8, 4) is 5.75 Å². The van der Waals surface area contributed by atoms with E-state index in [0.29, 0.717) is 12.0 Å². The van der Waals surface area contributed by atoms with E-state index in [1.165, 1.54) is 16.3 Å². The van der Waals surface area contributed by atoms with Crippen LogP contribution in [0.15, 0.2) is 36.4 Å². The number of fused-ring (bicyclic) bond motifs is 1. The highest BCUT2D eigenvalue weighted by Gasteiger charge is 2.25. The van der Waals surface area contributed by atoms with Gasteiger partial charge in [-0.1, -0.05) is 30.3 Å². The molecule has 1 unspecified atom stereocenters. The molecule has 0 aromatic heterocycles. The van der Waals surface area contributed by atoms with Gasteiger partial charge in [0.25, 0.3) is 0 Å². The molecule has 21 heavy (non-hydrogen) atoms. The Kier molecular flexibility index (Phi) is 4.42. The molecular weight excluding hydrogens is 262 g/mol. The van der Waals surface area contributed by atoms with Gasteiger partial charge in [-0.25, -0.2) is 0 Å². The second-order valence-corrected chi connectivity index (χ2v) is 5.62. The molecule has 1 saturated heterocycles. The number of hydrogen-bond donors (Lipinski definition) is 1. The van der Waals surface area contributed by atoms with E-state index in [-0.39, 0.29) is 0 Å². The third kappa shape index (κ3) is 2.76. The maximum atomic E-state index is 5.51. The van der Waals surface area contributed by atoms with Gasteiger partial charge in [-0.15, -0.1) is 0 Å². The summed E-state index contributed by atoms with van der Waals surface area (Å²) in [6.45, 7) is 1.74. The Balaban J connectivity index is 2.05. The van der Waals surface area contributed by atoms with Crippen molar-refractivity contribution < 1.29 is 9.47 Å². The molecule has 112 valence electrons. The van der Waals surface area contributed by atoms with Crippen LogP contribution in [0.25, 0.3) is 10.8 Å². The first-order valence-corrected chi connectivity index (χ1v) is 7.65. The Morgan fingerprint density at radius 1 is 1.10 bits per heavy atom. The second-order valence-electron chi connectivity index (χ2n) is 5.62. The van der Waals surface area contributed by atoms with Crippen LogP contribution in [-0.2, 0) is 4.74 Å². The van der Waals surface area contributed by atoms with Crippen molar-refractivity contribution in [1.29, 1.82) is 0 Å². The molecule has 3 nitrogen and oxygen atoms in total. The first-order valence-electron chi connectivity index (χ1n) is 7.65. The minimum absolute atomic E-state index is 0.365. The third-order valence-electron chi connectivity index (χ3n) is 4.52. The number of benzene rings is 2. The van der Waals surface area contributed by atoms with E-state index in [4.69, 9.17) is 9.47 Å². The van der Waals surface area contributed by atoms with Crippen molar-refractivity contribution in [3.05, 3.63) is 42.0 Å². The number of methoxy groups -OCH3 is 1. The molecular formula is C18H23NO2. The van der Waals surface area contributed by atoms with Crippen molar-refractivity contribution >= 4 is 10.8 Å². The van der Waals surface area contributed by atoms with E-state index in [0.717, 1.165) is 31.8 Å². The standard InChI is InChI=1S/C18H23NO2/c1-19-18(13-9-11-21-12-10-13)16-7-8-17(20-2)15-6-4-3-5-14(15)16/h3-8,13,18-19H,9-12H2,1-2H3. The average Bonchev–Trinajstić information content (AvgIpc) is 2.56. The van der Waals surface area contributed by atoms with Crippen LogP contribution in [0.4, 0.5) is 0 Å². The molecule has 0 amide bonds. The monoisotopic (exact) mass is 285 g/mol. The fourth-order valence-corrected chi connectivity index (χ4v) is 3.44. The van der Waals surface area contributed by atoms with E-state index in [2.05, 4.69) is 48.8 Å². The highest BCUT2D eigenvalue weighted by molar-refractivity contribution is 5.91. The fraction of sp³-hybridized carbons (Fsp3) is 0.444. The molecule has 3 heteroatoms. The number of hydrogen-bond acceptors (Lipinski definition) is 3. The molecule has 2 aromatic carbocycles. The van der Waals surface area contributed by atoms with Crippen LogP contribution in [0.5, 0.6) is 5.75 Å². The summed E-state index contributed by atoms with van der Waals surface area (Å²) in [5, 5.41) is 5.99. The first-order chi connectivity index (χ1) is 10.3. The van der Waals surface area contributed by atoms with Gasteiger partial charge in [-0.2, -0.15) is 0 Å². The molecule has 1 fully saturated rings. The molecule has 0 aliphatic carbocycles. The fourth-order valence-electron chi connectivity index (χ4n) is 3.44. The molecule has 2 aromatic rings. The summed E-state index contributed by atoms with van der Waals surface area (Å²) >= 11 is 0. The molecule has 3 rings (SSSR count). The van der Waals surface area contributed by atoms with E-state index in [9.17, 15) is 0 Å². The highest BCUT2D eigenvalue weighted by Crippen LogP contribution is 2.36. The minimum Gasteiger partial charge on any atom is -0.496 e. The van der Waals surface area contributed by atoms with E-state index in [1.807, 2.05) is 0 Å². The zero-order valence-corrected chi connectivity index (χ0v) is 12.8. The topological polar surface area (TPSA) is 30.5 Å². The maximum absolute atomic E-state index is 5.51. The molecule has 1 N–H and O–H groups in total. The van der Waals surface area contributed by atoms with Crippen LogP contribution in [0.3, 0.4) is 0 Å². The van der Waals surface area contributed by atoms with Gasteiger partial charge in [0.1, 0.15) is 5.75 Å². The Morgan fingerprint density at radius 2 is 1.81 bits per heavy atom. The number of nitrogens with one attached hydrogen (secondary N) is 1. The summed E-state index contributed by atoms with van der Waals surface area (Å²) in [5.74, 6) is 1.57. The molecule has 1 heterocycles. The lowest BCUT2D eigenvalue weighted by Crippen LogP contribution is -2.30. The van der Waals surface area contributed by atoms with Crippen LogP contribution in [0.2, 0.25) is 0 Å². The lowest BCUT2D eigenvalue weighted by atomic mass is 9.85. The Labute approximate surface area is 126 Å². The van der Waals surface area contributed by atoms with Gasteiger partial charge < -0.3 is 14.8 Å². The minimum atomic E-state index is 0.365. The molecule has 1 atom stereocenters. The van der Waals surface area contributed by atoms with Crippen LogP contribution >= 0.6 is 0 Å². The SMILES string of the molecule is CNC(c1ccc(OC)c2ccccc12)C1CCOCC1. The second kappa shape index (κ2) is 6.46. The van der Waals surface area contributed by atoms with Crippen LogP contribution in [0, 0.1) is 5.92 Å². The maximum Gasteiger partial charge on any atom is 0.126 e. The van der Waals surface area contributed by atoms with Crippen LogP contribution in [-0.4, -0.2) is 27.4 Å². The van der Waals surface area contributed by atoms with E-state index in [1.54, 1.807) is 7.11 Å². The zero-order chi connectivity index (χ0) is 14.7. The third-order valence-corrected chi connectivity index (χ3v) is 4.52. The largest absolute Gasteiger partial charge is 0.496 e. The van der Waals surface area contributed by atoms with Gasteiger partial charge in [0.05, 0.1) is 7.11 Å². The van der Waals surface area contributed by atoms with Crippen molar-refractivity contribution in [1.82, 2.24) is 5.32 Å². The average molecular weight is 285 g/mol. The van der Waals surface area contributed by atoms with Crippen molar-refractivity contribution in [2.45, 2.75) is 18.9 Å². The number of ether oxygens (including phenoxy) is 2. The molecule has 0 saturated carbocycles. The normalized spacial score (nSPS) is 17.8. The summed E-state index contributed by atoms with van der Waals surface area (Å²) in [4.78, 5) is 0. The van der Waals surface area contributed by atoms with Gasteiger partial charge >= 0.3 is 0 Å². The van der Waals surface area contributed by atoms with Crippen LogP contribution in [0.1, 0.15) is 24.4 Å². The smallest absolute Gasteiger partial charge is 0.126 e. The van der Waals surface area contributed by atoms with Crippen molar-refractivity contribution in [2.24, 2.45) is 5.92 Å². The number of rotatable bonds is 4. The predicted octanol–water partition coefficient (Wildman–Crippen LogP) is 3.54. The van der Waals surface area contributed by atoms with Gasteiger partial charge in [0, 0.05) is 24.6 Å².